The van der Waals surface area contributed by atoms with Gasteiger partial charge in [0.15, 0.2) is 6.10 Å². The predicted octanol–water partition coefficient (Wildman–Crippen LogP) is 2.98. The number of aryl methyl sites for hydroxylation is 2. The molecule has 0 spiro atoms. The second-order valence-corrected chi connectivity index (χ2v) is 5.62. The third kappa shape index (κ3) is 3.62. The average molecular weight is 312 g/mol. The lowest BCUT2D eigenvalue weighted by Crippen LogP contribution is -2.30. The molecule has 1 aromatic carbocycles. The molecular weight excluding hydrogens is 292 g/mol. The molecule has 0 saturated carbocycles. The van der Waals surface area contributed by atoms with Crippen molar-refractivity contribution in [2.75, 3.05) is 12.4 Å². The molecule has 2 aromatic rings. The molecule has 1 atom stereocenters. The number of hydrogen-bond acceptors (Lipinski definition) is 4. The summed E-state index contributed by atoms with van der Waals surface area (Å²) in [5.74, 6) is 1.03. The van der Waals surface area contributed by atoms with Gasteiger partial charge in [0, 0.05) is 6.07 Å². The van der Waals surface area contributed by atoms with Gasteiger partial charge >= 0.3 is 0 Å². The Morgan fingerprint density at radius 1 is 1.22 bits per heavy atom. The summed E-state index contributed by atoms with van der Waals surface area (Å²) in [7, 11) is 1.55. The Balaban J connectivity index is 1.60. The summed E-state index contributed by atoms with van der Waals surface area (Å²) in [5, 5.41) is 2.78. The van der Waals surface area contributed by atoms with Gasteiger partial charge in [0.1, 0.15) is 5.75 Å². The number of pyridine rings is 1. The molecule has 3 rings (SSSR count). The van der Waals surface area contributed by atoms with Gasteiger partial charge in [-0.15, -0.1) is 0 Å². The van der Waals surface area contributed by atoms with Gasteiger partial charge < -0.3 is 14.8 Å². The molecule has 120 valence electrons. The van der Waals surface area contributed by atoms with Crippen molar-refractivity contribution in [2.24, 2.45) is 0 Å². The van der Waals surface area contributed by atoms with Crippen molar-refractivity contribution in [1.82, 2.24) is 4.98 Å². The van der Waals surface area contributed by atoms with Crippen LogP contribution < -0.4 is 14.8 Å². The minimum absolute atomic E-state index is 0.211. The lowest BCUT2D eigenvalue weighted by Gasteiger charge is -2.15. The zero-order valence-electron chi connectivity index (χ0n) is 13.3. The predicted molar refractivity (Wildman–Crippen MR) is 88.0 cm³/mol. The van der Waals surface area contributed by atoms with E-state index in [1.807, 2.05) is 12.1 Å². The second kappa shape index (κ2) is 6.69. The van der Waals surface area contributed by atoms with Crippen LogP contribution in [0.4, 0.5) is 5.69 Å². The van der Waals surface area contributed by atoms with E-state index in [1.165, 1.54) is 17.5 Å². The quantitative estimate of drug-likeness (QED) is 0.922. The fourth-order valence-corrected chi connectivity index (χ4v) is 2.70. The number of nitrogens with zero attached hydrogens (tertiary/aromatic N) is 1. The molecule has 1 aromatic heterocycles. The zero-order chi connectivity index (χ0) is 16.2. The highest BCUT2D eigenvalue weighted by atomic mass is 16.5. The minimum atomic E-state index is -0.587. The Kier molecular flexibility index (Phi) is 4.46. The SMILES string of the molecule is COc1ccc(NC(=O)C(C)Oc2ccc3c(c2)CCC3)cn1. The van der Waals surface area contributed by atoms with Crippen LogP contribution in [0.2, 0.25) is 0 Å². The smallest absolute Gasteiger partial charge is 0.265 e. The molecule has 1 N–H and O–H groups in total. The largest absolute Gasteiger partial charge is 0.481 e. The number of nitrogens with one attached hydrogen (secondary N) is 1. The van der Waals surface area contributed by atoms with E-state index in [1.54, 1.807) is 32.4 Å². The fraction of sp³-hybridized carbons (Fsp3) is 0.333. The van der Waals surface area contributed by atoms with Crippen LogP contribution in [0.1, 0.15) is 24.5 Å². The number of benzene rings is 1. The molecule has 5 nitrogen and oxygen atoms in total. The van der Waals surface area contributed by atoms with E-state index in [2.05, 4.69) is 16.4 Å². The third-order valence-corrected chi connectivity index (χ3v) is 3.97. The number of rotatable bonds is 5. The number of ether oxygens (including phenoxy) is 2. The Bertz CT molecular complexity index is 698. The first-order chi connectivity index (χ1) is 11.2. The van der Waals surface area contributed by atoms with Crippen molar-refractivity contribution in [1.29, 1.82) is 0 Å². The number of carbonyl (C=O) groups excluding carboxylic acids is 1. The molecule has 0 aliphatic heterocycles. The van der Waals surface area contributed by atoms with Gasteiger partial charge in [0.2, 0.25) is 5.88 Å². The highest BCUT2D eigenvalue weighted by Crippen LogP contribution is 2.26. The monoisotopic (exact) mass is 312 g/mol. The summed E-state index contributed by atoms with van der Waals surface area (Å²) in [6.07, 6.45) is 4.38. The summed E-state index contributed by atoms with van der Waals surface area (Å²) in [4.78, 5) is 16.3. The number of carbonyl (C=O) groups is 1. The lowest BCUT2D eigenvalue weighted by atomic mass is 10.1. The number of aromatic nitrogens is 1. The van der Waals surface area contributed by atoms with E-state index in [0.29, 0.717) is 11.6 Å². The van der Waals surface area contributed by atoms with E-state index >= 15 is 0 Å². The number of methoxy groups -OCH3 is 1. The molecular formula is C18H20N2O3. The van der Waals surface area contributed by atoms with Crippen LogP contribution >= 0.6 is 0 Å². The van der Waals surface area contributed by atoms with Crippen LogP contribution in [0.5, 0.6) is 11.6 Å². The maximum atomic E-state index is 12.2. The van der Waals surface area contributed by atoms with Crippen molar-refractivity contribution in [2.45, 2.75) is 32.3 Å². The van der Waals surface area contributed by atoms with E-state index in [9.17, 15) is 4.79 Å². The maximum absolute atomic E-state index is 12.2. The fourth-order valence-electron chi connectivity index (χ4n) is 2.70. The van der Waals surface area contributed by atoms with Crippen LogP contribution in [0.25, 0.3) is 0 Å². The third-order valence-electron chi connectivity index (χ3n) is 3.97. The van der Waals surface area contributed by atoms with Gasteiger partial charge in [-0.25, -0.2) is 4.98 Å². The lowest BCUT2D eigenvalue weighted by molar-refractivity contribution is -0.122. The van der Waals surface area contributed by atoms with Gasteiger partial charge in [-0.1, -0.05) is 6.07 Å². The highest BCUT2D eigenvalue weighted by Gasteiger charge is 2.17. The van der Waals surface area contributed by atoms with Gasteiger partial charge in [-0.05, 0) is 55.5 Å². The first kappa shape index (κ1) is 15.3. The molecule has 0 radical (unpaired) electrons. The number of anilines is 1. The average Bonchev–Trinajstić information content (AvgIpc) is 3.03. The maximum Gasteiger partial charge on any atom is 0.265 e. The molecule has 1 aliphatic carbocycles. The Morgan fingerprint density at radius 3 is 2.78 bits per heavy atom. The van der Waals surface area contributed by atoms with Gasteiger partial charge in [0.05, 0.1) is 19.0 Å². The first-order valence-electron chi connectivity index (χ1n) is 7.75. The van der Waals surface area contributed by atoms with Gasteiger partial charge in [-0.2, -0.15) is 0 Å². The molecule has 1 heterocycles. The Hall–Kier alpha value is -2.56. The second-order valence-electron chi connectivity index (χ2n) is 5.62. The standard InChI is InChI=1S/C18H20N2O3/c1-12(18(21)20-15-7-9-17(22-2)19-11-15)23-16-8-6-13-4-3-5-14(13)10-16/h6-12H,3-5H2,1-2H3,(H,20,21). The van der Waals surface area contributed by atoms with Crippen molar-refractivity contribution in [3.05, 3.63) is 47.7 Å². The highest BCUT2D eigenvalue weighted by molar-refractivity contribution is 5.93. The molecule has 0 bridgehead atoms. The molecule has 5 heteroatoms. The number of amides is 1. The summed E-state index contributed by atoms with van der Waals surface area (Å²) >= 11 is 0. The van der Waals surface area contributed by atoms with Crippen molar-refractivity contribution in [3.63, 3.8) is 0 Å². The van der Waals surface area contributed by atoms with E-state index in [4.69, 9.17) is 9.47 Å². The van der Waals surface area contributed by atoms with Gasteiger partial charge in [-0.3, -0.25) is 4.79 Å². The van der Waals surface area contributed by atoms with Crippen molar-refractivity contribution in [3.8, 4) is 11.6 Å². The van der Waals surface area contributed by atoms with Crippen LogP contribution in [-0.4, -0.2) is 24.1 Å². The first-order valence-corrected chi connectivity index (χ1v) is 7.75. The molecule has 1 aliphatic rings. The van der Waals surface area contributed by atoms with Crippen molar-refractivity contribution < 1.29 is 14.3 Å². The number of hydrogen-bond donors (Lipinski definition) is 1. The van der Waals surface area contributed by atoms with Crippen LogP contribution in [-0.2, 0) is 17.6 Å². The molecule has 1 unspecified atom stereocenters. The summed E-state index contributed by atoms with van der Waals surface area (Å²) in [6.45, 7) is 1.74. The van der Waals surface area contributed by atoms with Gasteiger partial charge in [0.25, 0.3) is 5.91 Å². The van der Waals surface area contributed by atoms with Crippen LogP contribution in [0.3, 0.4) is 0 Å². The molecule has 1 amide bonds. The summed E-state index contributed by atoms with van der Waals surface area (Å²) in [6, 6.07) is 9.51. The van der Waals surface area contributed by atoms with E-state index in [0.717, 1.165) is 18.6 Å². The molecule has 23 heavy (non-hydrogen) atoms. The number of fused-ring (bicyclic) bond motifs is 1. The van der Waals surface area contributed by atoms with Crippen LogP contribution in [0, 0.1) is 0 Å². The Labute approximate surface area is 135 Å². The van der Waals surface area contributed by atoms with Crippen molar-refractivity contribution >= 4 is 11.6 Å². The minimum Gasteiger partial charge on any atom is -0.481 e. The zero-order valence-corrected chi connectivity index (χ0v) is 13.3. The Morgan fingerprint density at radius 2 is 2.04 bits per heavy atom. The molecule has 0 saturated heterocycles. The normalized spacial score (nSPS) is 14.0. The topological polar surface area (TPSA) is 60.5 Å². The summed E-state index contributed by atoms with van der Waals surface area (Å²) in [5.41, 5.74) is 3.33. The van der Waals surface area contributed by atoms with E-state index < -0.39 is 6.10 Å². The summed E-state index contributed by atoms with van der Waals surface area (Å²) < 4.78 is 10.7. The van der Waals surface area contributed by atoms with Crippen LogP contribution in [0.15, 0.2) is 36.5 Å². The van der Waals surface area contributed by atoms with E-state index in [-0.39, 0.29) is 5.91 Å². The molecule has 0 fully saturated rings.